The van der Waals surface area contributed by atoms with Crippen molar-refractivity contribution in [1.29, 1.82) is 0 Å². The summed E-state index contributed by atoms with van der Waals surface area (Å²) in [7, 11) is 0. The Morgan fingerprint density at radius 2 is 1.62 bits per heavy atom. The predicted molar refractivity (Wildman–Crippen MR) is 110 cm³/mol. The first-order chi connectivity index (χ1) is 14.0. The van der Waals surface area contributed by atoms with Crippen molar-refractivity contribution in [2.75, 3.05) is 19.6 Å². The molecule has 1 N–H and O–H groups in total. The standard InChI is InChI=1S/C23H31N3O3/c1-16-6-2-3-7-17(16)14-25-12-10-18(11-13-25)24-21(27)15-26-22(28)19-8-4-5-9-20(19)23(26)29/h2-3,6-7,18-20H,4-5,8-15H2,1H3,(H,24,27). The molecule has 0 radical (unpaired) electrons. The number of carbonyl (C=O) groups is 3. The summed E-state index contributed by atoms with van der Waals surface area (Å²) in [5.41, 5.74) is 2.66. The van der Waals surface area contributed by atoms with Gasteiger partial charge in [0, 0.05) is 25.7 Å². The molecular weight excluding hydrogens is 366 g/mol. The SMILES string of the molecule is Cc1ccccc1CN1CCC(NC(=O)CN2C(=O)C3CCCCC3C2=O)CC1. The molecule has 2 heterocycles. The van der Waals surface area contributed by atoms with E-state index < -0.39 is 0 Å². The molecule has 29 heavy (non-hydrogen) atoms. The summed E-state index contributed by atoms with van der Waals surface area (Å²) in [4.78, 5) is 41.2. The Morgan fingerprint density at radius 3 is 2.24 bits per heavy atom. The van der Waals surface area contributed by atoms with Gasteiger partial charge in [0.2, 0.25) is 17.7 Å². The normalized spacial score (nSPS) is 25.9. The molecule has 2 saturated heterocycles. The number of amides is 3. The van der Waals surface area contributed by atoms with Gasteiger partial charge in [0.25, 0.3) is 0 Å². The van der Waals surface area contributed by atoms with E-state index in [4.69, 9.17) is 0 Å². The summed E-state index contributed by atoms with van der Waals surface area (Å²) < 4.78 is 0. The van der Waals surface area contributed by atoms with E-state index >= 15 is 0 Å². The number of rotatable bonds is 5. The number of hydrogen-bond donors (Lipinski definition) is 1. The van der Waals surface area contributed by atoms with E-state index in [2.05, 4.69) is 41.4 Å². The molecule has 2 unspecified atom stereocenters. The van der Waals surface area contributed by atoms with E-state index in [9.17, 15) is 14.4 Å². The Bertz CT molecular complexity index is 761. The molecule has 3 amide bonds. The molecule has 2 aliphatic heterocycles. The number of hydrogen-bond acceptors (Lipinski definition) is 4. The summed E-state index contributed by atoms with van der Waals surface area (Å²) in [6.45, 7) is 4.83. The second kappa shape index (κ2) is 8.66. The van der Waals surface area contributed by atoms with E-state index in [1.54, 1.807) is 0 Å². The van der Waals surface area contributed by atoms with Gasteiger partial charge in [-0.05, 0) is 43.7 Å². The van der Waals surface area contributed by atoms with Crippen LogP contribution in [0.3, 0.4) is 0 Å². The van der Waals surface area contributed by atoms with Gasteiger partial charge in [-0.15, -0.1) is 0 Å². The predicted octanol–water partition coefficient (Wildman–Crippen LogP) is 2.25. The van der Waals surface area contributed by atoms with Crippen LogP contribution in [0.25, 0.3) is 0 Å². The van der Waals surface area contributed by atoms with Crippen LogP contribution in [-0.2, 0) is 20.9 Å². The van der Waals surface area contributed by atoms with Gasteiger partial charge in [-0.3, -0.25) is 24.2 Å². The van der Waals surface area contributed by atoms with Crippen molar-refractivity contribution >= 4 is 17.7 Å². The molecule has 1 aromatic rings. The van der Waals surface area contributed by atoms with Crippen LogP contribution in [0.15, 0.2) is 24.3 Å². The first kappa shape index (κ1) is 20.1. The van der Waals surface area contributed by atoms with Crippen molar-refractivity contribution in [3.8, 4) is 0 Å². The molecule has 6 heteroatoms. The summed E-state index contributed by atoms with van der Waals surface area (Å²) in [5.74, 6) is -0.851. The molecule has 3 fully saturated rings. The minimum atomic E-state index is -0.206. The van der Waals surface area contributed by atoms with Crippen molar-refractivity contribution in [3.63, 3.8) is 0 Å². The third kappa shape index (κ3) is 4.37. The maximum atomic E-state index is 12.5. The van der Waals surface area contributed by atoms with Gasteiger partial charge in [-0.25, -0.2) is 0 Å². The molecule has 1 aliphatic carbocycles. The molecule has 1 aromatic carbocycles. The Morgan fingerprint density at radius 1 is 1.00 bits per heavy atom. The summed E-state index contributed by atoms with van der Waals surface area (Å²) >= 11 is 0. The Hall–Kier alpha value is -2.21. The van der Waals surface area contributed by atoms with Crippen LogP contribution >= 0.6 is 0 Å². The lowest BCUT2D eigenvalue weighted by molar-refractivity contribution is -0.143. The monoisotopic (exact) mass is 397 g/mol. The summed E-state index contributed by atoms with van der Waals surface area (Å²) in [5, 5.41) is 3.05. The number of imide groups is 1. The molecular formula is C23H31N3O3. The van der Waals surface area contributed by atoms with Gasteiger partial charge in [-0.1, -0.05) is 37.1 Å². The molecule has 0 spiro atoms. The number of fused-ring (bicyclic) bond motifs is 1. The van der Waals surface area contributed by atoms with Gasteiger partial charge in [0.15, 0.2) is 0 Å². The number of likely N-dealkylation sites (tertiary alicyclic amines) is 2. The van der Waals surface area contributed by atoms with Crippen molar-refractivity contribution in [2.45, 2.75) is 58.0 Å². The zero-order valence-electron chi connectivity index (χ0n) is 17.2. The van der Waals surface area contributed by atoms with Crippen molar-refractivity contribution in [2.24, 2.45) is 11.8 Å². The molecule has 1 saturated carbocycles. The first-order valence-electron chi connectivity index (χ1n) is 10.9. The van der Waals surface area contributed by atoms with Crippen LogP contribution in [0, 0.1) is 18.8 Å². The maximum Gasteiger partial charge on any atom is 0.240 e. The molecule has 2 atom stereocenters. The smallest absolute Gasteiger partial charge is 0.240 e. The lowest BCUT2D eigenvalue weighted by Gasteiger charge is -2.33. The van der Waals surface area contributed by atoms with E-state index in [1.165, 1.54) is 16.0 Å². The zero-order chi connectivity index (χ0) is 20.4. The topological polar surface area (TPSA) is 69.7 Å². The number of nitrogens with zero attached hydrogens (tertiary/aromatic N) is 2. The number of benzene rings is 1. The Balaban J connectivity index is 1.24. The van der Waals surface area contributed by atoms with Gasteiger partial charge in [-0.2, -0.15) is 0 Å². The second-order valence-corrected chi connectivity index (χ2v) is 8.80. The molecule has 4 rings (SSSR count). The van der Waals surface area contributed by atoms with Gasteiger partial charge < -0.3 is 5.32 Å². The summed E-state index contributed by atoms with van der Waals surface area (Å²) in [6, 6.07) is 8.56. The second-order valence-electron chi connectivity index (χ2n) is 8.80. The number of carbonyl (C=O) groups excluding carboxylic acids is 3. The average Bonchev–Trinajstić information content (AvgIpc) is 2.96. The van der Waals surface area contributed by atoms with E-state index in [-0.39, 0.29) is 42.1 Å². The third-order valence-electron chi connectivity index (χ3n) is 6.84. The third-order valence-corrected chi connectivity index (χ3v) is 6.84. The van der Waals surface area contributed by atoms with Crippen LogP contribution in [0.1, 0.15) is 49.7 Å². The number of aryl methyl sites for hydroxylation is 1. The van der Waals surface area contributed by atoms with Gasteiger partial charge in [0.1, 0.15) is 6.54 Å². The van der Waals surface area contributed by atoms with Crippen molar-refractivity contribution in [3.05, 3.63) is 35.4 Å². The molecule has 0 aromatic heterocycles. The number of nitrogens with one attached hydrogen (secondary N) is 1. The lowest BCUT2D eigenvalue weighted by atomic mass is 9.81. The maximum absolute atomic E-state index is 12.5. The quantitative estimate of drug-likeness (QED) is 0.774. The van der Waals surface area contributed by atoms with Gasteiger partial charge >= 0.3 is 0 Å². The highest BCUT2D eigenvalue weighted by atomic mass is 16.2. The largest absolute Gasteiger partial charge is 0.352 e. The van der Waals surface area contributed by atoms with E-state index in [1.807, 2.05) is 0 Å². The highest BCUT2D eigenvalue weighted by Gasteiger charge is 2.48. The van der Waals surface area contributed by atoms with Crippen LogP contribution in [0.2, 0.25) is 0 Å². The molecule has 156 valence electrons. The fourth-order valence-electron chi connectivity index (χ4n) is 5.07. The minimum Gasteiger partial charge on any atom is -0.352 e. The number of piperidine rings is 1. The average molecular weight is 398 g/mol. The fourth-order valence-corrected chi connectivity index (χ4v) is 5.07. The van der Waals surface area contributed by atoms with Crippen LogP contribution < -0.4 is 5.32 Å². The van der Waals surface area contributed by atoms with Crippen LogP contribution in [0.4, 0.5) is 0 Å². The van der Waals surface area contributed by atoms with Crippen LogP contribution in [-0.4, -0.2) is 53.2 Å². The van der Waals surface area contributed by atoms with E-state index in [0.29, 0.717) is 0 Å². The van der Waals surface area contributed by atoms with Gasteiger partial charge in [0.05, 0.1) is 11.8 Å². The fraction of sp³-hybridized carbons (Fsp3) is 0.609. The molecule has 0 bridgehead atoms. The molecule has 6 nitrogen and oxygen atoms in total. The highest BCUT2D eigenvalue weighted by molar-refractivity contribution is 6.07. The molecule has 3 aliphatic rings. The highest BCUT2D eigenvalue weighted by Crippen LogP contribution is 2.37. The summed E-state index contributed by atoms with van der Waals surface area (Å²) in [6.07, 6.45) is 5.36. The Kier molecular flexibility index (Phi) is 5.99. The zero-order valence-corrected chi connectivity index (χ0v) is 17.2. The lowest BCUT2D eigenvalue weighted by Crippen LogP contribution is -2.48. The van der Waals surface area contributed by atoms with E-state index in [0.717, 1.165) is 58.2 Å². The minimum absolute atomic E-state index is 0.116. The first-order valence-corrected chi connectivity index (χ1v) is 10.9. The van der Waals surface area contributed by atoms with Crippen molar-refractivity contribution < 1.29 is 14.4 Å². The van der Waals surface area contributed by atoms with Crippen LogP contribution in [0.5, 0.6) is 0 Å². The van der Waals surface area contributed by atoms with Crippen molar-refractivity contribution in [1.82, 2.24) is 15.1 Å². The Labute approximate surface area is 172 Å².